The van der Waals surface area contributed by atoms with Crippen molar-refractivity contribution in [3.63, 3.8) is 0 Å². The zero-order valence-corrected chi connectivity index (χ0v) is 7.87. The van der Waals surface area contributed by atoms with Crippen LogP contribution in [0.1, 0.15) is 19.3 Å². The summed E-state index contributed by atoms with van der Waals surface area (Å²) in [5.41, 5.74) is 0. The summed E-state index contributed by atoms with van der Waals surface area (Å²) >= 11 is 2.36. The van der Waals surface area contributed by atoms with Gasteiger partial charge in [0.05, 0.1) is 0 Å². The van der Waals surface area contributed by atoms with Crippen LogP contribution in [0, 0.1) is 0 Å². The molecule has 0 saturated carbocycles. The number of carbonyl (C=O) groups is 1. The molecule has 2 heterocycles. The predicted octanol–water partition coefficient (Wildman–Crippen LogP) is 1.18. The molecule has 2 atom stereocenters. The molecule has 0 radical (unpaired) electrons. The summed E-state index contributed by atoms with van der Waals surface area (Å²) in [6.45, 7) is 0. The Balaban J connectivity index is 2.07. The third-order valence-electron chi connectivity index (χ3n) is 2.50. The van der Waals surface area contributed by atoms with Gasteiger partial charge in [0.15, 0.2) is 0 Å². The Kier molecular flexibility index (Phi) is 1.62. The van der Waals surface area contributed by atoms with Gasteiger partial charge in [0, 0.05) is 22.9 Å². The normalized spacial score (nSPS) is 37.7. The van der Waals surface area contributed by atoms with E-state index in [1.807, 2.05) is 0 Å². The summed E-state index contributed by atoms with van der Waals surface area (Å²) in [6.07, 6.45) is 3.31. The van der Waals surface area contributed by atoms with Gasteiger partial charge in [-0.1, -0.05) is 22.6 Å². The van der Waals surface area contributed by atoms with Crippen LogP contribution in [0.15, 0.2) is 0 Å². The van der Waals surface area contributed by atoms with Crippen molar-refractivity contribution >= 4 is 28.5 Å². The van der Waals surface area contributed by atoms with Gasteiger partial charge in [-0.3, -0.25) is 4.79 Å². The first kappa shape index (κ1) is 6.88. The number of halogens is 1. The number of fused-ring (bicyclic) bond motifs is 1. The fraction of sp³-hybridized carbons (Fsp3) is 0.857. The van der Waals surface area contributed by atoms with E-state index in [1.165, 1.54) is 12.8 Å². The lowest BCUT2D eigenvalue weighted by molar-refractivity contribution is -0.144. The molecule has 0 spiro atoms. The van der Waals surface area contributed by atoms with Gasteiger partial charge in [0.2, 0.25) is 5.91 Å². The van der Waals surface area contributed by atoms with Gasteiger partial charge in [-0.2, -0.15) is 0 Å². The molecular weight excluding hydrogens is 241 g/mol. The molecule has 3 heteroatoms. The maximum atomic E-state index is 11.0. The van der Waals surface area contributed by atoms with Crippen LogP contribution < -0.4 is 0 Å². The minimum atomic E-state index is 0.379. The van der Waals surface area contributed by atoms with Crippen LogP contribution in [0.4, 0.5) is 0 Å². The molecule has 2 saturated heterocycles. The van der Waals surface area contributed by atoms with E-state index in [0.29, 0.717) is 18.0 Å². The topological polar surface area (TPSA) is 20.3 Å². The van der Waals surface area contributed by atoms with E-state index in [0.717, 1.165) is 10.8 Å². The van der Waals surface area contributed by atoms with Gasteiger partial charge < -0.3 is 4.90 Å². The van der Waals surface area contributed by atoms with E-state index in [2.05, 4.69) is 27.5 Å². The van der Waals surface area contributed by atoms with Gasteiger partial charge in [-0.15, -0.1) is 0 Å². The molecule has 0 N–H and O–H groups in total. The molecule has 0 aromatic carbocycles. The van der Waals surface area contributed by atoms with Crippen molar-refractivity contribution in [1.82, 2.24) is 4.90 Å². The Hall–Kier alpha value is 0.200. The van der Waals surface area contributed by atoms with Gasteiger partial charge >= 0.3 is 0 Å². The van der Waals surface area contributed by atoms with Crippen molar-refractivity contribution in [2.24, 2.45) is 0 Å². The average molecular weight is 251 g/mol. The zero-order chi connectivity index (χ0) is 7.14. The molecule has 2 rings (SSSR count). The lowest BCUT2D eigenvalue weighted by atomic mass is 10.0. The van der Waals surface area contributed by atoms with Crippen LogP contribution in [-0.4, -0.2) is 27.3 Å². The maximum Gasteiger partial charge on any atom is 0.225 e. The third kappa shape index (κ3) is 0.790. The number of carbonyl (C=O) groups excluding carboxylic acids is 1. The highest BCUT2D eigenvalue weighted by molar-refractivity contribution is 14.1. The predicted molar refractivity (Wildman–Crippen MR) is 47.2 cm³/mol. The van der Waals surface area contributed by atoms with Crippen LogP contribution in [0.2, 0.25) is 0 Å². The Morgan fingerprint density at radius 1 is 1.60 bits per heavy atom. The Morgan fingerprint density at radius 3 is 2.90 bits per heavy atom. The highest BCUT2D eigenvalue weighted by atomic mass is 127. The maximum absolute atomic E-state index is 11.0. The van der Waals surface area contributed by atoms with Crippen LogP contribution in [0.25, 0.3) is 0 Å². The lowest BCUT2D eigenvalue weighted by Crippen LogP contribution is -2.52. The highest BCUT2D eigenvalue weighted by Gasteiger charge is 2.44. The van der Waals surface area contributed by atoms with Gasteiger partial charge in [-0.05, 0) is 12.8 Å². The van der Waals surface area contributed by atoms with Crippen molar-refractivity contribution in [3.05, 3.63) is 0 Å². The molecule has 56 valence electrons. The molecule has 0 bridgehead atoms. The number of amides is 1. The summed E-state index contributed by atoms with van der Waals surface area (Å²) in [4.78, 5) is 13.1. The van der Waals surface area contributed by atoms with Gasteiger partial charge in [-0.25, -0.2) is 0 Å². The quantitative estimate of drug-likeness (QED) is 0.389. The van der Waals surface area contributed by atoms with Gasteiger partial charge in [0.25, 0.3) is 0 Å². The standard InChI is InChI=1S/C7H10INO/c8-4-6-2-1-5-3-7(10)9(5)6/h5-6H,1-4H2/t5-,6-/m0/s1. The summed E-state index contributed by atoms with van der Waals surface area (Å²) in [7, 11) is 0. The molecule has 0 aromatic rings. The molecule has 0 aromatic heterocycles. The second-order valence-electron chi connectivity index (χ2n) is 3.04. The SMILES string of the molecule is O=C1C[C@@H]2CC[C@@H](CI)N12. The van der Waals surface area contributed by atoms with Crippen molar-refractivity contribution < 1.29 is 4.79 Å². The van der Waals surface area contributed by atoms with Crippen molar-refractivity contribution in [3.8, 4) is 0 Å². The fourth-order valence-corrected chi connectivity index (χ4v) is 2.78. The van der Waals surface area contributed by atoms with Gasteiger partial charge in [0.1, 0.15) is 0 Å². The largest absolute Gasteiger partial charge is 0.335 e. The smallest absolute Gasteiger partial charge is 0.225 e. The second-order valence-corrected chi connectivity index (χ2v) is 3.93. The van der Waals surface area contributed by atoms with E-state index >= 15 is 0 Å². The fourth-order valence-electron chi connectivity index (χ4n) is 1.91. The summed E-state index contributed by atoms with van der Waals surface area (Å²) < 4.78 is 1.11. The third-order valence-corrected chi connectivity index (χ3v) is 3.51. The van der Waals surface area contributed by atoms with E-state index in [9.17, 15) is 4.79 Å². The number of alkyl halides is 1. The van der Waals surface area contributed by atoms with Crippen LogP contribution in [-0.2, 0) is 4.79 Å². The molecular formula is C7H10INO. The van der Waals surface area contributed by atoms with Crippen LogP contribution in [0.5, 0.6) is 0 Å². The van der Waals surface area contributed by atoms with Crippen LogP contribution in [0.3, 0.4) is 0 Å². The first-order valence-electron chi connectivity index (χ1n) is 3.70. The monoisotopic (exact) mass is 251 g/mol. The van der Waals surface area contributed by atoms with E-state index in [4.69, 9.17) is 0 Å². The second kappa shape index (κ2) is 2.36. The number of β-lactam (4-membered cyclic amide) rings is 1. The minimum absolute atomic E-state index is 0.379. The molecule has 2 nitrogen and oxygen atoms in total. The Bertz CT molecular complexity index is 171. The van der Waals surface area contributed by atoms with Crippen LogP contribution >= 0.6 is 22.6 Å². The first-order chi connectivity index (χ1) is 4.83. The van der Waals surface area contributed by atoms with Crippen molar-refractivity contribution in [2.75, 3.05) is 4.43 Å². The van der Waals surface area contributed by atoms with E-state index < -0.39 is 0 Å². The number of nitrogens with zero attached hydrogens (tertiary/aromatic N) is 1. The highest BCUT2D eigenvalue weighted by Crippen LogP contribution is 2.35. The summed E-state index contributed by atoms with van der Waals surface area (Å²) in [5, 5.41) is 0. The minimum Gasteiger partial charge on any atom is -0.335 e. The average Bonchev–Trinajstić information content (AvgIpc) is 2.25. The Morgan fingerprint density at radius 2 is 2.40 bits per heavy atom. The summed E-state index contributed by atoms with van der Waals surface area (Å²) in [6, 6.07) is 1.21. The number of hydrogen-bond donors (Lipinski definition) is 0. The number of hydrogen-bond acceptors (Lipinski definition) is 1. The van der Waals surface area contributed by atoms with Crippen molar-refractivity contribution in [1.29, 1.82) is 0 Å². The zero-order valence-electron chi connectivity index (χ0n) is 5.72. The Labute approximate surface area is 74.1 Å². The molecule has 1 amide bonds. The van der Waals surface area contributed by atoms with Crippen molar-refractivity contribution in [2.45, 2.75) is 31.3 Å². The van der Waals surface area contributed by atoms with E-state index in [-0.39, 0.29) is 0 Å². The lowest BCUT2D eigenvalue weighted by Gasteiger charge is -2.38. The number of rotatable bonds is 1. The molecule has 2 aliphatic rings. The molecule has 2 aliphatic heterocycles. The summed E-state index contributed by atoms with van der Waals surface area (Å²) in [5.74, 6) is 0.379. The molecule has 10 heavy (non-hydrogen) atoms. The van der Waals surface area contributed by atoms with E-state index in [1.54, 1.807) is 0 Å². The molecule has 2 fully saturated rings. The molecule has 0 unspecified atom stereocenters. The molecule has 0 aliphatic carbocycles. The first-order valence-corrected chi connectivity index (χ1v) is 5.22.